The van der Waals surface area contributed by atoms with Gasteiger partial charge in [-0.15, -0.1) is 0 Å². The lowest BCUT2D eigenvalue weighted by molar-refractivity contribution is 0.0692. The second-order valence-corrected chi connectivity index (χ2v) is 5.04. The summed E-state index contributed by atoms with van der Waals surface area (Å²) in [5, 5.41) is 10.4. The molecule has 0 spiro atoms. The Morgan fingerprint density at radius 1 is 1.41 bits per heavy atom. The average molecular weight is 289 g/mol. The summed E-state index contributed by atoms with van der Waals surface area (Å²) in [6.45, 7) is 0. The summed E-state index contributed by atoms with van der Waals surface area (Å²) in [5.41, 5.74) is 6.02. The molecule has 0 aliphatic carbocycles. The number of hydrogen-bond donors (Lipinski definition) is 2. The lowest BCUT2D eigenvalue weighted by atomic mass is 10.2. The summed E-state index contributed by atoms with van der Waals surface area (Å²) in [4.78, 5) is 14.8. The molecule has 2 rings (SSSR count). The minimum Gasteiger partial charge on any atom is -0.476 e. The number of thiazole rings is 1. The number of aromatic nitrogens is 1. The third-order valence-electron chi connectivity index (χ3n) is 2.02. The molecular weight excluding hydrogens is 283 g/mol. The number of hydrogen-bond acceptors (Lipinski definition) is 4. The van der Waals surface area contributed by atoms with Crippen LogP contribution < -0.4 is 5.73 Å². The molecule has 17 heavy (non-hydrogen) atoms. The van der Waals surface area contributed by atoms with Crippen LogP contribution in [0.1, 0.15) is 10.5 Å². The maximum absolute atomic E-state index is 10.8. The zero-order valence-corrected chi connectivity index (χ0v) is 10.6. The van der Waals surface area contributed by atoms with Crippen molar-refractivity contribution >= 4 is 45.5 Å². The lowest BCUT2D eigenvalue weighted by Gasteiger charge is -1.99. The van der Waals surface area contributed by atoms with Crippen molar-refractivity contribution in [1.29, 1.82) is 0 Å². The highest BCUT2D eigenvalue weighted by molar-refractivity contribution is 7.19. The van der Waals surface area contributed by atoms with E-state index in [2.05, 4.69) is 4.98 Å². The topological polar surface area (TPSA) is 76.2 Å². The predicted octanol–water partition coefficient (Wildman–Crippen LogP) is 3.40. The van der Waals surface area contributed by atoms with Crippen LogP contribution in [0.4, 0.5) is 5.00 Å². The number of nitrogens with zero attached hydrogens (tertiary/aromatic N) is 1. The molecule has 0 radical (unpaired) electrons. The van der Waals surface area contributed by atoms with E-state index in [-0.39, 0.29) is 10.7 Å². The van der Waals surface area contributed by atoms with Crippen LogP contribution in [-0.2, 0) is 0 Å². The van der Waals surface area contributed by atoms with Gasteiger partial charge in [-0.25, -0.2) is 9.78 Å². The predicted molar refractivity (Wildman–Crippen MR) is 68.9 cm³/mol. The molecule has 0 unspecified atom stereocenters. The van der Waals surface area contributed by atoms with Gasteiger partial charge in [0.25, 0.3) is 0 Å². The molecule has 4 nitrogen and oxygen atoms in total. The number of rotatable bonds is 2. The van der Waals surface area contributed by atoms with Crippen LogP contribution in [0.15, 0.2) is 18.2 Å². The second-order valence-electron chi connectivity index (χ2n) is 3.16. The SMILES string of the molecule is Nc1sc(-c2ccc(Cl)cc2Cl)nc1C(=O)O. The van der Waals surface area contributed by atoms with Crippen LogP contribution in [0.5, 0.6) is 0 Å². The van der Waals surface area contributed by atoms with Gasteiger partial charge in [0.1, 0.15) is 10.0 Å². The Labute approximate surface area is 111 Å². The molecule has 0 amide bonds. The van der Waals surface area contributed by atoms with Crippen LogP contribution >= 0.6 is 34.5 Å². The second kappa shape index (κ2) is 4.52. The number of benzene rings is 1. The van der Waals surface area contributed by atoms with Crippen molar-refractivity contribution in [3.63, 3.8) is 0 Å². The van der Waals surface area contributed by atoms with Crippen molar-refractivity contribution in [3.8, 4) is 10.6 Å². The first kappa shape index (κ1) is 12.2. The third-order valence-corrected chi connectivity index (χ3v) is 3.48. The Balaban J connectivity index is 2.53. The largest absolute Gasteiger partial charge is 0.476 e. The maximum Gasteiger partial charge on any atom is 0.357 e. The monoisotopic (exact) mass is 288 g/mol. The van der Waals surface area contributed by atoms with E-state index < -0.39 is 5.97 Å². The molecular formula is C10H6Cl2N2O2S. The standard InChI is InChI=1S/C10H6Cl2N2O2S/c11-4-1-2-5(6(12)3-4)9-14-7(10(15)16)8(13)17-9/h1-3H,13H2,(H,15,16). The van der Waals surface area contributed by atoms with E-state index in [9.17, 15) is 4.79 Å². The molecule has 1 heterocycles. The fraction of sp³-hybridized carbons (Fsp3) is 0. The molecule has 1 aromatic heterocycles. The number of nitrogen functional groups attached to an aromatic ring is 1. The quantitative estimate of drug-likeness (QED) is 0.888. The molecule has 0 atom stereocenters. The van der Waals surface area contributed by atoms with Crippen molar-refractivity contribution < 1.29 is 9.90 Å². The maximum atomic E-state index is 10.8. The molecule has 88 valence electrons. The molecule has 2 aromatic rings. The fourth-order valence-corrected chi connectivity index (χ4v) is 2.68. The number of carbonyl (C=O) groups is 1. The molecule has 0 saturated carbocycles. The van der Waals surface area contributed by atoms with Crippen LogP contribution in [0.25, 0.3) is 10.6 Å². The van der Waals surface area contributed by atoms with Gasteiger partial charge in [-0.3, -0.25) is 0 Å². The summed E-state index contributed by atoms with van der Waals surface area (Å²) in [6, 6.07) is 4.89. The molecule has 0 bridgehead atoms. The number of aromatic carboxylic acids is 1. The third kappa shape index (κ3) is 2.36. The van der Waals surface area contributed by atoms with Gasteiger partial charge < -0.3 is 10.8 Å². The zero-order chi connectivity index (χ0) is 12.6. The van der Waals surface area contributed by atoms with Crippen LogP contribution in [0, 0.1) is 0 Å². The zero-order valence-electron chi connectivity index (χ0n) is 8.28. The number of carboxylic acid groups (broad SMARTS) is 1. The average Bonchev–Trinajstić information content (AvgIpc) is 2.60. The van der Waals surface area contributed by atoms with Crippen molar-refractivity contribution in [2.75, 3.05) is 5.73 Å². The summed E-state index contributed by atoms with van der Waals surface area (Å²) in [6.07, 6.45) is 0. The minimum atomic E-state index is -1.16. The van der Waals surface area contributed by atoms with E-state index in [0.717, 1.165) is 11.3 Å². The number of halogens is 2. The molecule has 0 fully saturated rings. The van der Waals surface area contributed by atoms with Gasteiger partial charge in [0.15, 0.2) is 5.69 Å². The van der Waals surface area contributed by atoms with E-state index in [0.29, 0.717) is 20.6 Å². The van der Waals surface area contributed by atoms with Gasteiger partial charge in [0.05, 0.1) is 5.02 Å². The van der Waals surface area contributed by atoms with Gasteiger partial charge in [0.2, 0.25) is 0 Å². The lowest BCUT2D eigenvalue weighted by Crippen LogP contribution is -2.00. The Bertz CT molecular complexity index is 598. The Morgan fingerprint density at radius 3 is 2.65 bits per heavy atom. The minimum absolute atomic E-state index is 0.151. The molecule has 3 N–H and O–H groups in total. The molecule has 0 saturated heterocycles. The van der Waals surface area contributed by atoms with Crippen molar-refractivity contribution in [2.45, 2.75) is 0 Å². The van der Waals surface area contributed by atoms with Gasteiger partial charge in [-0.05, 0) is 18.2 Å². The van der Waals surface area contributed by atoms with Crippen molar-refractivity contribution in [3.05, 3.63) is 33.9 Å². The Hall–Kier alpha value is -1.30. The van der Waals surface area contributed by atoms with Crippen LogP contribution in [0.3, 0.4) is 0 Å². The first-order chi connectivity index (χ1) is 7.99. The number of nitrogens with two attached hydrogens (primary N) is 1. The molecule has 0 aliphatic rings. The first-order valence-corrected chi connectivity index (χ1v) is 6.01. The molecule has 1 aromatic carbocycles. The fourth-order valence-electron chi connectivity index (χ4n) is 1.26. The van der Waals surface area contributed by atoms with Crippen molar-refractivity contribution in [1.82, 2.24) is 4.98 Å². The highest BCUT2D eigenvalue weighted by Crippen LogP contribution is 2.35. The van der Waals surface area contributed by atoms with Gasteiger partial charge in [0, 0.05) is 10.6 Å². The van der Waals surface area contributed by atoms with E-state index in [4.69, 9.17) is 34.0 Å². The summed E-state index contributed by atoms with van der Waals surface area (Å²) in [7, 11) is 0. The highest BCUT2D eigenvalue weighted by atomic mass is 35.5. The summed E-state index contributed by atoms with van der Waals surface area (Å²) >= 11 is 12.8. The van der Waals surface area contributed by atoms with Crippen LogP contribution in [-0.4, -0.2) is 16.1 Å². The smallest absolute Gasteiger partial charge is 0.357 e. The van der Waals surface area contributed by atoms with Gasteiger partial charge >= 0.3 is 5.97 Å². The normalized spacial score (nSPS) is 10.5. The Kier molecular flexibility index (Phi) is 3.24. The summed E-state index contributed by atoms with van der Waals surface area (Å²) < 4.78 is 0. The van der Waals surface area contributed by atoms with Crippen LogP contribution in [0.2, 0.25) is 10.0 Å². The van der Waals surface area contributed by atoms with Gasteiger partial charge in [-0.1, -0.05) is 34.5 Å². The Morgan fingerprint density at radius 2 is 2.12 bits per heavy atom. The van der Waals surface area contributed by atoms with E-state index in [1.54, 1.807) is 18.2 Å². The highest BCUT2D eigenvalue weighted by Gasteiger charge is 2.17. The molecule has 7 heteroatoms. The first-order valence-electron chi connectivity index (χ1n) is 4.44. The van der Waals surface area contributed by atoms with Gasteiger partial charge in [-0.2, -0.15) is 0 Å². The molecule has 0 aliphatic heterocycles. The van der Waals surface area contributed by atoms with E-state index in [1.807, 2.05) is 0 Å². The number of anilines is 1. The van der Waals surface area contributed by atoms with Crippen molar-refractivity contribution in [2.24, 2.45) is 0 Å². The van der Waals surface area contributed by atoms with E-state index in [1.165, 1.54) is 0 Å². The summed E-state index contributed by atoms with van der Waals surface area (Å²) in [5.74, 6) is -1.16. The van der Waals surface area contributed by atoms with E-state index >= 15 is 0 Å². The number of carboxylic acids is 1.